The quantitative estimate of drug-likeness (QED) is 0.617. The molecule has 0 saturated heterocycles. The molecule has 2 unspecified atom stereocenters. The van der Waals surface area contributed by atoms with Crippen LogP contribution in [0.4, 0.5) is 0 Å². The second kappa shape index (κ2) is 8.51. The first kappa shape index (κ1) is 18.8. The van der Waals surface area contributed by atoms with Crippen LogP contribution in [0.2, 0.25) is 0 Å². The molecule has 1 heterocycles. The minimum atomic E-state index is 0.223. The van der Waals surface area contributed by atoms with E-state index in [1.54, 1.807) is 0 Å². The van der Waals surface area contributed by atoms with Crippen molar-refractivity contribution in [3.63, 3.8) is 0 Å². The highest BCUT2D eigenvalue weighted by Crippen LogP contribution is 2.35. The predicted molar refractivity (Wildman–Crippen MR) is 100 cm³/mol. The summed E-state index contributed by atoms with van der Waals surface area (Å²) in [5.41, 5.74) is 1.33. The number of nitrogens with zero attached hydrogens (tertiary/aromatic N) is 4. The van der Waals surface area contributed by atoms with Gasteiger partial charge in [-0.15, -0.1) is 0 Å². The van der Waals surface area contributed by atoms with Crippen LogP contribution < -0.4 is 10.6 Å². The van der Waals surface area contributed by atoms with Crippen LogP contribution in [0, 0.1) is 5.92 Å². The predicted octanol–water partition coefficient (Wildman–Crippen LogP) is 1.99. The Morgan fingerprint density at radius 1 is 1.46 bits per heavy atom. The van der Waals surface area contributed by atoms with E-state index in [2.05, 4.69) is 48.6 Å². The highest BCUT2D eigenvalue weighted by Gasteiger charge is 2.36. The maximum Gasteiger partial charge on any atom is 0.191 e. The van der Waals surface area contributed by atoms with E-state index < -0.39 is 0 Å². The number of likely N-dealkylation sites (N-methyl/N-ethyl adjacent to an activating group) is 1. The van der Waals surface area contributed by atoms with Gasteiger partial charge < -0.3 is 15.5 Å². The summed E-state index contributed by atoms with van der Waals surface area (Å²) in [7, 11) is 6.37. The first-order chi connectivity index (χ1) is 11.5. The molecular weight excluding hydrogens is 300 g/mol. The van der Waals surface area contributed by atoms with Crippen molar-refractivity contribution in [2.45, 2.75) is 51.6 Å². The van der Waals surface area contributed by atoms with Crippen molar-refractivity contribution in [1.82, 2.24) is 25.3 Å². The van der Waals surface area contributed by atoms with Crippen LogP contribution in [0.5, 0.6) is 0 Å². The van der Waals surface area contributed by atoms with Gasteiger partial charge in [0.2, 0.25) is 0 Å². The molecule has 1 aromatic heterocycles. The number of aromatic nitrogens is 2. The van der Waals surface area contributed by atoms with E-state index in [-0.39, 0.29) is 5.54 Å². The van der Waals surface area contributed by atoms with E-state index in [0.29, 0.717) is 6.54 Å². The SMILES string of the molecule is CCNC(=NCc1ccnn1C)NCC1(N(C)C)CCCC(C)C1. The summed E-state index contributed by atoms with van der Waals surface area (Å²) < 4.78 is 1.87. The molecule has 0 spiro atoms. The van der Waals surface area contributed by atoms with Crippen molar-refractivity contribution in [2.24, 2.45) is 18.0 Å². The van der Waals surface area contributed by atoms with Crippen molar-refractivity contribution in [1.29, 1.82) is 0 Å². The number of hydrogen-bond acceptors (Lipinski definition) is 3. The molecule has 24 heavy (non-hydrogen) atoms. The summed E-state index contributed by atoms with van der Waals surface area (Å²) in [6.45, 7) is 6.91. The molecule has 2 atom stereocenters. The molecule has 1 saturated carbocycles. The van der Waals surface area contributed by atoms with Crippen molar-refractivity contribution < 1.29 is 0 Å². The average molecular weight is 335 g/mol. The van der Waals surface area contributed by atoms with Crippen LogP contribution in [0.25, 0.3) is 0 Å². The molecular formula is C18H34N6. The Bertz CT molecular complexity index is 535. The van der Waals surface area contributed by atoms with Crippen molar-refractivity contribution >= 4 is 5.96 Å². The standard InChI is InChI=1S/C18H34N6/c1-6-19-17(20-13-16-9-11-22-24(16)5)21-14-18(23(3)4)10-7-8-15(2)12-18/h9,11,15H,6-8,10,12-14H2,1-5H3,(H2,19,20,21). The van der Waals surface area contributed by atoms with Gasteiger partial charge >= 0.3 is 0 Å². The van der Waals surface area contributed by atoms with Gasteiger partial charge in [0.05, 0.1) is 12.2 Å². The van der Waals surface area contributed by atoms with Crippen molar-refractivity contribution in [3.05, 3.63) is 18.0 Å². The number of aliphatic imine (C=N–C) groups is 1. The summed E-state index contributed by atoms with van der Waals surface area (Å²) in [6.07, 6.45) is 6.97. The van der Waals surface area contributed by atoms with Crippen LogP contribution in [0.1, 0.15) is 45.2 Å². The highest BCUT2D eigenvalue weighted by molar-refractivity contribution is 5.79. The Hall–Kier alpha value is -1.56. The van der Waals surface area contributed by atoms with Crippen molar-refractivity contribution in [3.8, 4) is 0 Å². The van der Waals surface area contributed by atoms with Gasteiger partial charge in [-0.05, 0) is 45.8 Å². The van der Waals surface area contributed by atoms with Crippen LogP contribution in [-0.2, 0) is 13.6 Å². The minimum Gasteiger partial charge on any atom is -0.357 e. The smallest absolute Gasteiger partial charge is 0.191 e. The van der Waals surface area contributed by atoms with E-state index in [0.717, 1.165) is 30.7 Å². The van der Waals surface area contributed by atoms with Gasteiger partial charge in [0.25, 0.3) is 0 Å². The molecule has 1 aromatic rings. The molecule has 6 heteroatoms. The first-order valence-electron chi connectivity index (χ1n) is 9.13. The van der Waals surface area contributed by atoms with Gasteiger partial charge in [-0.3, -0.25) is 4.68 Å². The zero-order chi connectivity index (χ0) is 17.6. The maximum absolute atomic E-state index is 4.73. The molecule has 1 fully saturated rings. The number of guanidine groups is 1. The molecule has 0 aliphatic heterocycles. The summed E-state index contributed by atoms with van der Waals surface area (Å²) in [4.78, 5) is 7.13. The van der Waals surface area contributed by atoms with Crippen molar-refractivity contribution in [2.75, 3.05) is 27.2 Å². The monoisotopic (exact) mass is 334 g/mol. The lowest BCUT2D eigenvalue weighted by molar-refractivity contribution is 0.0795. The Morgan fingerprint density at radius 2 is 2.25 bits per heavy atom. The fourth-order valence-corrected chi connectivity index (χ4v) is 3.66. The maximum atomic E-state index is 4.73. The van der Waals surface area contributed by atoms with Gasteiger partial charge in [0.15, 0.2) is 5.96 Å². The third kappa shape index (κ3) is 4.72. The van der Waals surface area contributed by atoms with Crippen LogP contribution >= 0.6 is 0 Å². The molecule has 6 nitrogen and oxygen atoms in total. The lowest BCUT2D eigenvalue weighted by Crippen LogP contribution is -2.56. The molecule has 1 aliphatic rings. The van der Waals surface area contributed by atoms with Gasteiger partial charge in [-0.2, -0.15) is 5.10 Å². The molecule has 0 aromatic carbocycles. The normalized spacial score (nSPS) is 25.1. The highest BCUT2D eigenvalue weighted by atomic mass is 15.3. The van der Waals surface area contributed by atoms with Gasteiger partial charge in [-0.25, -0.2) is 4.99 Å². The molecule has 1 aliphatic carbocycles. The fraction of sp³-hybridized carbons (Fsp3) is 0.778. The Balaban J connectivity index is 2.02. The van der Waals surface area contributed by atoms with E-state index in [9.17, 15) is 0 Å². The van der Waals surface area contributed by atoms with E-state index >= 15 is 0 Å². The fourth-order valence-electron chi connectivity index (χ4n) is 3.66. The van der Waals surface area contributed by atoms with Crippen LogP contribution in [0.15, 0.2) is 17.3 Å². The summed E-state index contributed by atoms with van der Waals surface area (Å²) in [5, 5.41) is 11.1. The zero-order valence-corrected chi connectivity index (χ0v) is 16.0. The molecule has 0 bridgehead atoms. The van der Waals surface area contributed by atoms with Gasteiger partial charge in [-0.1, -0.05) is 19.8 Å². The molecule has 0 amide bonds. The van der Waals surface area contributed by atoms with Gasteiger partial charge in [0.1, 0.15) is 0 Å². The Morgan fingerprint density at radius 3 is 2.83 bits per heavy atom. The third-order valence-corrected chi connectivity index (χ3v) is 5.27. The van der Waals surface area contributed by atoms with Crippen LogP contribution in [0.3, 0.4) is 0 Å². The molecule has 136 valence electrons. The molecule has 0 radical (unpaired) electrons. The lowest BCUT2D eigenvalue weighted by Gasteiger charge is -2.45. The van der Waals surface area contributed by atoms with E-state index in [1.807, 2.05) is 24.0 Å². The minimum absolute atomic E-state index is 0.223. The Kier molecular flexibility index (Phi) is 6.66. The second-order valence-corrected chi connectivity index (χ2v) is 7.32. The number of hydrogen-bond donors (Lipinski definition) is 2. The third-order valence-electron chi connectivity index (χ3n) is 5.27. The van der Waals surface area contributed by atoms with E-state index in [1.165, 1.54) is 25.7 Å². The van der Waals surface area contributed by atoms with E-state index in [4.69, 9.17) is 4.99 Å². The summed E-state index contributed by atoms with van der Waals surface area (Å²) >= 11 is 0. The molecule has 2 N–H and O–H groups in total. The Labute approximate surface area is 146 Å². The molecule has 2 rings (SSSR count). The lowest BCUT2D eigenvalue weighted by atomic mass is 9.75. The first-order valence-corrected chi connectivity index (χ1v) is 9.13. The van der Waals surface area contributed by atoms with Gasteiger partial charge in [0, 0.05) is 31.9 Å². The number of aryl methyl sites for hydroxylation is 1. The average Bonchev–Trinajstić information content (AvgIpc) is 2.95. The zero-order valence-electron chi connectivity index (χ0n) is 16.0. The van der Waals surface area contributed by atoms with Crippen LogP contribution in [-0.4, -0.2) is 53.4 Å². The summed E-state index contributed by atoms with van der Waals surface area (Å²) in [5.74, 6) is 1.68. The largest absolute Gasteiger partial charge is 0.357 e. The number of nitrogens with one attached hydrogen (secondary N) is 2. The topological polar surface area (TPSA) is 57.5 Å². The second-order valence-electron chi connectivity index (χ2n) is 7.32. The number of rotatable bonds is 6. The summed E-state index contributed by atoms with van der Waals surface area (Å²) in [6, 6.07) is 2.01.